The van der Waals surface area contributed by atoms with E-state index in [9.17, 15) is 5.11 Å². The second-order valence-electron chi connectivity index (χ2n) is 7.92. The summed E-state index contributed by atoms with van der Waals surface area (Å²) in [6, 6.07) is 2.15. The lowest BCUT2D eigenvalue weighted by atomic mass is 9.78. The van der Waals surface area contributed by atoms with Crippen LogP contribution < -0.4 is 5.32 Å². The van der Waals surface area contributed by atoms with E-state index in [1.54, 1.807) is 0 Å². The fraction of sp³-hybridized carbons (Fsp3) is 1.00. The highest BCUT2D eigenvalue weighted by atomic mass is 16.3. The SMILES string of the molecule is CN(C1CCCCCC1)C1CCCC(CO)(NC2CC2)C1. The Hall–Kier alpha value is -0.120. The Balaban J connectivity index is 1.60. The van der Waals surface area contributed by atoms with Crippen molar-refractivity contribution in [2.75, 3.05) is 13.7 Å². The maximum absolute atomic E-state index is 9.99. The van der Waals surface area contributed by atoms with Gasteiger partial charge in [-0.2, -0.15) is 0 Å². The summed E-state index contributed by atoms with van der Waals surface area (Å²) in [5, 5.41) is 13.8. The minimum atomic E-state index is 0.0169. The van der Waals surface area contributed by atoms with Crippen LogP contribution in [-0.4, -0.2) is 47.3 Å². The molecule has 122 valence electrons. The maximum atomic E-state index is 9.99. The number of hydrogen-bond donors (Lipinski definition) is 2. The molecule has 0 bridgehead atoms. The summed E-state index contributed by atoms with van der Waals surface area (Å²) in [6.45, 7) is 0.318. The summed E-state index contributed by atoms with van der Waals surface area (Å²) in [7, 11) is 2.35. The normalized spacial score (nSPS) is 35.9. The number of aliphatic hydroxyl groups is 1. The molecule has 0 heterocycles. The second-order valence-corrected chi connectivity index (χ2v) is 7.92. The smallest absolute Gasteiger partial charge is 0.0613 e. The highest BCUT2D eigenvalue weighted by Gasteiger charge is 2.41. The Morgan fingerprint density at radius 2 is 1.62 bits per heavy atom. The molecule has 3 rings (SSSR count). The van der Waals surface area contributed by atoms with Gasteiger partial charge in [0.05, 0.1) is 6.61 Å². The predicted molar refractivity (Wildman–Crippen MR) is 87.5 cm³/mol. The average Bonchev–Trinajstić information content (AvgIpc) is 3.33. The molecule has 2 N–H and O–H groups in total. The summed E-state index contributed by atoms with van der Waals surface area (Å²) >= 11 is 0. The molecule has 2 unspecified atom stereocenters. The van der Waals surface area contributed by atoms with Crippen LogP contribution in [-0.2, 0) is 0 Å². The van der Waals surface area contributed by atoms with E-state index >= 15 is 0 Å². The molecule has 0 radical (unpaired) electrons. The number of nitrogens with one attached hydrogen (secondary N) is 1. The molecule has 3 aliphatic rings. The third-order valence-electron chi connectivity index (χ3n) is 6.19. The first-order valence-corrected chi connectivity index (χ1v) is 9.33. The van der Waals surface area contributed by atoms with Crippen molar-refractivity contribution in [3.8, 4) is 0 Å². The summed E-state index contributed by atoms with van der Waals surface area (Å²) in [6.07, 6.45) is 16.0. The van der Waals surface area contributed by atoms with Gasteiger partial charge in [0.25, 0.3) is 0 Å². The first-order chi connectivity index (χ1) is 10.2. The standard InChI is InChI=1S/C18H34N2O/c1-20(16-7-4-2-3-5-8-16)17-9-6-12-18(13-17,14-21)19-15-10-11-15/h15-17,19,21H,2-14H2,1H3. The highest BCUT2D eigenvalue weighted by Crippen LogP contribution is 2.36. The van der Waals surface area contributed by atoms with Gasteiger partial charge in [-0.1, -0.05) is 25.7 Å². The van der Waals surface area contributed by atoms with Gasteiger partial charge in [-0.25, -0.2) is 0 Å². The van der Waals surface area contributed by atoms with Crippen molar-refractivity contribution in [3.63, 3.8) is 0 Å². The van der Waals surface area contributed by atoms with Crippen molar-refractivity contribution in [1.29, 1.82) is 0 Å². The molecule has 0 aromatic rings. The first kappa shape index (κ1) is 15.8. The van der Waals surface area contributed by atoms with E-state index < -0.39 is 0 Å². The molecule has 3 heteroatoms. The Morgan fingerprint density at radius 3 is 2.24 bits per heavy atom. The molecular weight excluding hydrogens is 260 g/mol. The third kappa shape index (κ3) is 4.00. The Labute approximate surface area is 130 Å². The summed E-state index contributed by atoms with van der Waals surface area (Å²) in [5.74, 6) is 0. The largest absolute Gasteiger partial charge is 0.394 e. The van der Waals surface area contributed by atoms with Crippen LogP contribution in [0.25, 0.3) is 0 Å². The second kappa shape index (κ2) is 6.97. The quantitative estimate of drug-likeness (QED) is 0.765. The van der Waals surface area contributed by atoms with Crippen molar-refractivity contribution >= 4 is 0 Å². The molecule has 2 atom stereocenters. The van der Waals surface area contributed by atoms with Crippen LogP contribution in [0, 0.1) is 0 Å². The molecule has 0 spiro atoms. The van der Waals surface area contributed by atoms with Crippen LogP contribution in [0.3, 0.4) is 0 Å². The zero-order chi connectivity index (χ0) is 14.7. The van der Waals surface area contributed by atoms with Gasteiger partial charge in [0.15, 0.2) is 0 Å². The molecule has 3 aliphatic carbocycles. The van der Waals surface area contributed by atoms with E-state index in [4.69, 9.17) is 0 Å². The summed E-state index contributed by atoms with van der Waals surface area (Å²) < 4.78 is 0. The highest BCUT2D eigenvalue weighted by molar-refractivity contribution is 5.01. The van der Waals surface area contributed by atoms with Crippen molar-refractivity contribution < 1.29 is 5.11 Å². The van der Waals surface area contributed by atoms with Gasteiger partial charge in [0.1, 0.15) is 0 Å². The lowest BCUT2D eigenvalue weighted by Gasteiger charge is -2.45. The van der Waals surface area contributed by atoms with Crippen molar-refractivity contribution in [3.05, 3.63) is 0 Å². The summed E-state index contributed by atoms with van der Waals surface area (Å²) in [4.78, 5) is 2.68. The lowest BCUT2D eigenvalue weighted by Crippen LogP contribution is -2.57. The molecule has 3 nitrogen and oxygen atoms in total. The van der Waals surface area contributed by atoms with Crippen molar-refractivity contribution in [2.45, 2.75) is 101 Å². The van der Waals surface area contributed by atoms with Gasteiger partial charge in [-0.3, -0.25) is 0 Å². The zero-order valence-corrected chi connectivity index (χ0v) is 13.8. The first-order valence-electron chi connectivity index (χ1n) is 9.33. The molecule has 0 amide bonds. The number of aliphatic hydroxyl groups excluding tert-OH is 1. The van der Waals surface area contributed by atoms with Crippen LogP contribution in [0.1, 0.15) is 77.0 Å². The number of nitrogens with zero attached hydrogens (tertiary/aromatic N) is 1. The fourth-order valence-electron chi connectivity index (χ4n) is 4.62. The molecule has 0 saturated heterocycles. The third-order valence-corrected chi connectivity index (χ3v) is 6.19. The van der Waals surface area contributed by atoms with E-state index in [-0.39, 0.29) is 5.54 Å². The molecule has 0 aliphatic heterocycles. The van der Waals surface area contributed by atoms with E-state index in [2.05, 4.69) is 17.3 Å². The molecule has 3 fully saturated rings. The Morgan fingerprint density at radius 1 is 0.952 bits per heavy atom. The van der Waals surface area contributed by atoms with Gasteiger partial charge in [-0.15, -0.1) is 0 Å². The van der Waals surface area contributed by atoms with Gasteiger partial charge in [0.2, 0.25) is 0 Å². The zero-order valence-electron chi connectivity index (χ0n) is 13.8. The Bertz CT molecular complexity index is 323. The Kier molecular flexibility index (Phi) is 5.23. The van der Waals surface area contributed by atoms with E-state index in [0.29, 0.717) is 18.7 Å². The van der Waals surface area contributed by atoms with Crippen molar-refractivity contribution in [1.82, 2.24) is 10.2 Å². The van der Waals surface area contributed by atoms with Crippen molar-refractivity contribution in [2.24, 2.45) is 0 Å². The molecule has 0 aromatic heterocycles. The predicted octanol–water partition coefficient (Wildman–Crippen LogP) is 3.07. The van der Waals surface area contributed by atoms with E-state index in [1.807, 2.05) is 0 Å². The molecule has 0 aromatic carbocycles. The van der Waals surface area contributed by atoms with Crippen LogP contribution in [0.4, 0.5) is 0 Å². The van der Waals surface area contributed by atoms with Crippen LogP contribution in [0.2, 0.25) is 0 Å². The summed E-state index contributed by atoms with van der Waals surface area (Å²) in [5.41, 5.74) is 0.0169. The minimum absolute atomic E-state index is 0.0169. The number of rotatable bonds is 5. The molecule has 3 saturated carbocycles. The fourth-order valence-corrected chi connectivity index (χ4v) is 4.62. The van der Waals surface area contributed by atoms with Gasteiger partial charge < -0.3 is 15.3 Å². The monoisotopic (exact) mass is 294 g/mol. The van der Waals surface area contributed by atoms with Gasteiger partial charge in [0, 0.05) is 23.7 Å². The van der Waals surface area contributed by atoms with Gasteiger partial charge in [-0.05, 0) is 58.4 Å². The van der Waals surface area contributed by atoms with Crippen LogP contribution in [0.5, 0.6) is 0 Å². The minimum Gasteiger partial charge on any atom is -0.394 e. The maximum Gasteiger partial charge on any atom is 0.0613 e. The molecular formula is C18H34N2O. The average molecular weight is 294 g/mol. The van der Waals surface area contributed by atoms with E-state index in [1.165, 1.54) is 64.2 Å². The molecule has 21 heavy (non-hydrogen) atoms. The van der Waals surface area contributed by atoms with Gasteiger partial charge >= 0.3 is 0 Å². The number of hydrogen-bond acceptors (Lipinski definition) is 3. The topological polar surface area (TPSA) is 35.5 Å². The van der Waals surface area contributed by atoms with Crippen LogP contribution in [0.15, 0.2) is 0 Å². The van der Waals surface area contributed by atoms with E-state index in [0.717, 1.165) is 18.9 Å². The van der Waals surface area contributed by atoms with Crippen LogP contribution >= 0.6 is 0 Å². The lowest BCUT2D eigenvalue weighted by molar-refractivity contribution is 0.0479.